The van der Waals surface area contributed by atoms with Crippen LogP contribution in [0, 0.1) is 13.8 Å². The van der Waals surface area contributed by atoms with Gasteiger partial charge in [-0.15, -0.1) is 0 Å². The van der Waals surface area contributed by atoms with Crippen LogP contribution in [0.4, 0.5) is 5.69 Å². The molecule has 2 aromatic rings. The summed E-state index contributed by atoms with van der Waals surface area (Å²) in [4.78, 5) is 2.15. The Balaban J connectivity index is 2.13. The van der Waals surface area contributed by atoms with Crippen molar-refractivity contribution in [3.63, 3.8) is 0 Å². The molecule has 0 saturated carbocycles. The third-order valence-electron chi connectivity index (χ3n) is 3.03. The summed E-state index contributed by atoms with van der Waals surface area (Å²) >= 11 is 0. The Kier molecular flexibility index (Phi) is 3.72. The van der Waals surface area contributed by atoms with E-state index in [1.54, 1.807) is 0 Å². The number of aliphatic hydroxyl groups excluding tert-OH is 1. The molecule has 0 aliphatic carbocycles. The van der Waals surface area contributed by atoms with Gasteiger partial charge < -0.3 is 14.4 Å². The lowest BCUT2D eigenvalue weighted by Gasteiger charge is -2.20. The smallest absolute Gasteiger partial charge is 0.129 e. The summed E-state index contributed by atoms with van der Waals surface area (Å²) in [5.74, 6) is 1.47. The monoisotopic (exact) mass is 245 g/mol. The second-order valence-corrected chi connectivity index (χ2v) is 4.67. The fourth-order valence-electron chi connectivity index (χ4n) is 2.14. The highest BCUT2D eigenvalue weighted by atomic mass is 16.4. The molecule has 0 radical (unpaired) electrons. The van der Waals surface area contributed by atoms with Gasteiger partial charge in [0.15, 0.2) is 0 Å². The van der Waals surface area contributed by atoms with Crippen LogP contribution in [-0.4, -0.2) is 12.2 Å². The summed E-state index contributed by atoms with van der Waals surface area (Å²) in [5.41, 5.74) is 3.72. The first kappa shape index (κ1) is 12.7. The van der Waals surface area contributed by atoms with Crippen LogP contribution in [0.2, 0.25) is 0 Å². The molecule has 1 aromatic carbocycles. The highest BCUT2D eigenvalue weighted by molar-refractivity contribution is 5.53. The molecule has 0 aliphatic rings. The van der Waals surface area contributed by atoms with Gasteiger partial charge in [-0.05, 0) is 37.6 Å². The SMILES string of the molecule is Cc1ccc(N(C)Cc2ccc(CO)o2)c(C)c1. The molecule has 3 nitrogen and oxygen atoms in total. The highest BCUT2D eigenvalue weighted by Gasteiger charge is 2.08. The summed E-state index contributed by atoms with van der Waals surface area (Å²) in [5, 5.41) is 8.97. The van der Waals surface area contributed by atoms with E-state index in [1.807, 2.05) is 19.2 Å². The van der Waals surface area contributed by atoms with E-state index in [1.165, 1.54) is 16.8 Å². The van der Waals surface area contributed by atoms with Crippen LogP contribution in [0.3, 0.4) is 0 Å². The lowest BCUT2D eigenvalue weighted by Crippen LogP contribution is -2.17. The number of anilines is 1. The second-order valence-electron chi connectivity index (χ2n) is 4.67. The Bertz CT molecular complexity index is 531. The molecule has 96 valence electrons. The van der Waals surface area contributed by atoms with E-state index >= 15 is 0 Å². The number of nitrogens with zero attached hydrogens (tertiary/aromatic N) is 1. The minimum atomic E-state index is -0.0483. The Morgan fingerprint density at radius 2 is 1.83 bits per heavy atom. The number of aliphatic hydroxyl groups is 1. The molecule has 1 aromatic heterocycles. The molecule has 0 spiro atoms. The maximum absolute atomic E-state index is 8.97. The summed E-state index contributed by atoms with van der Waals surface area (Å²) < 4.78 is 5.50. The third kappa shape index (κ3) is 2.74. The van der Waals surface area contributed by atoms with Crippen LogP contribution in [0.25, 0.3) is 0 Å². The van der Waals surface area contributed by atoms with Crippen molar-refractivity contribution in [1.82, 2.24) is 0 Å². The molecule has 0 unspecified atom stereocenters. The van der Waals surface area contributed by atoms with Gasteiger partial charge in [-0.3, -0.25) is 0 Å². The molecular weight excluding hydrogens is 226 g/mol. The van der Waals surface area contributed by atoms with Crippen LogP contribution < -0.4 is 4.90 Å². The van der Waals surface area contributed by atoms with Crippen LogP contribution in [0.5, 0.6) is 0 Å². The topological polar surface area (TPSA) is 36.6 Å². The summed E-state index contributed by atoms with van der Waals surface area (Å²) in [6, 6.07) is 10.1. The van der Waals surface area contributed by atoms with Crippen LogP contribution >= 0.6 is 0 Å². The molecule has 0 bridgehead atoms. The maximum Gasteiger partial charge on any atom is 0.129 e. The van der Waals surface area contributed by atoms with E-state index in [0.717, 1.165) is 5.76 Å². The van der Waals surface area contributed by atoms with Gasteiger partial charge in [0, 0.05) is 12.7 Å². The first-order valence-electron chi connectivity index (χ1n) is 6.07. The molecular formula is C15H19NO2. The number of rotatable bonds is 4. The van der Waals surface area contributed by atoms with Gasteiger partial charge >= 0.3 is 0 Å². The predicted molar refractivity (Wildman–Crippen MR) is 72.7 cm³/mol. The standard InChI is InChI=1S/C15H19NO2/c1-11-4-7-15(12(2)8-11)16(3)9-13-5-6-14(10-17)18-13/h4-8,17H,9-10H2,1-3H3. The van der Waals surface area contributed by atoms with E-state index in [9.17, 15) is 0 Å². The van der Waals surface area contributed by atoms with Crippen molar-refractivity contribution in [2.75, 3.05) is 11.9 Å². The van der Waals surface area contributed by atoms with Crippen molar-refractivity contribution in [2.24, 2.45) is 0 Å². The molecule has 0 aliphatic heterocycles. The molecule has 0 fully saturated rings. The predicted octanol–water partition coefficient (Wildman–Crippen LogP) is 3.03. The van der Waals surface area contributed by atoms with Crippen LogP contribution in [-0.2, 0) is 13.2 Å². The minimum absolute atomic E-state index is 0.0483. The minimum Gasteiger partial charge on any atom is -0.462 e. The van der Waals surface area contributed by atoms with Gasteiger partial charge in [0.25, 0.3) is 0 Å². The summed E-state index contributed by atoms with van der Waals surface area (Å²) in [6.07, 6.45) is 0. The Hall–Kier alpha value is -1.74. The zero-order valence-corrected chi connectivity index (χ0v) is 11.1. The molecule has 3 heteroatoms. The number of aryl methyl sites for hydroxylation is 2. The lowest BCUT2D eigenvalue weighted by atomic mass is 10.1. The van der Waals surface area contributed by atoms with E-state index in [-0.39, 0.29) is 6.61 Å². The van der Waals surface area contributed by atoms with Gasteiger partial charge in [0.2, 0.25) is 0 Å². The van der Waals surface area contributed by atoms with Gasteiger partial charge in [-0.2, -0.15) is 0 Å². The molecule has 0 saturated heterocycles. The van der Waals surface area contributed by atoms with Gasteiger partial charge in [-0.25, -0.2) is 0 Å². The molecule has 0 amide bonds. The molecule has 2 rings (SSSR count). The fraction of sp³-hybridized carbons (Fsp3) is 0.333. The van der Waals surface area contributed by atoms with Crippen molar-refractivity contribution in [1.29, 1.82) is 0 Å². The molecule has 18 heavy (non-hydrogen) atoms. The van der Waals surface area contributed by atoms with Crippen LogP contribution in [0.15, 0.2) is 34.7 Å². The zero-order chi connectivity index (χ0) is 13.1. The van der Waals surface area contributed by atoms with E-state index < -0.39 is 0 Å². The zero-order valence-electron chi connectivity index (χ0n) is 11.1. The fourth-order valence-corrected chi connectivity index (χ4v) is 2.14. The average Bonchev–Trinajstić information content (AvgIpc) is 2.76. The Morgan fingerprint density at radius 1 is 1.11 bits per heavy atom. The first-order valence-corrected chi connectivity index (χ1v) is 6.07. The Morgan fingerprint density at radius 3 is 2.44 bits per heavy atom. The van der Waals surface area contributed by atoms with Crippen LogP contribution in [0.1, 0.15) is 22.6 Å². The summed E-state index contributed by atoms with van der Waals surface area (Å²) in [7, 11) is 2.04. The molecule has 1 heterocycles. The first-order chi connectivity index (χ1) is 8.60. The van der Waals surface area contributed by atoms with Crippen molar-refractivity contribution in [3.05, 3.63) is 53.0 Å². The quantitative estimate of drug-likeness (QED) is 0.899. The van der Waals surface area contributed by atoms with Gasteiger partial charge in [0.1, 0.15) is 18.1 Å². The number of hydrogen-bond donors (Lipinski definition) is 1. The largest absolute Gasteiger partial charge is 0.462 e. The van der Waals surface area contributed by atoms with E-state index in [4.69, 9.17) is 9.52 Å². The van der Waals surface area contributed by atoms with Crippen molar-refractivity contribution >= 4 is 5.69 Å². The van der Waals surface area contributed by atoms with E-state index in [0.29, 0.717) is 12.3 Å². The molecule has 0 atom stereocenters. The molecule has 1 N–H and O–H groups in total. The lowest BCUT2D eigenvalue weighted by molar-refractivity contribution is 0.243. The highest BCUT2D eigenvalue weighted by Crippen LogP contribution is 2.22. The maximum atomic E-state index is 8.97. The van der Waals surface area contributed by atoms with Crippen molar-refractivity contribution in [2.45, 2.75) is 27.0 Å². The Labute approximate surface area is 108 Å². The number of hydrogen-bond acceptors (Lipinski definition) is 3. The van der Waals surface area contributed by atoms with Gasteiger partial charge in [0.05, 0.1) is 6.54 Å². The van der Waals surface area contributed by atoms with Gasteiger partial charge in [-0.1, -0.05) is 17.7 Å². The normalized spacial score (nSPS) is 10.7. The summed E-state index contributed by atoms with van der Waals surface area (Å²) in [6.45, 7) is 4.86. The third-order valence-corrected chi connectivity index (χ3v) is 3.03. The van der Waals surface area contributed by atoms with Crippen molar-refractivity contribution < 1.29 is 9.52 Å². The van der Waals surface area contributed by atoms with Crippen molar-refractivity contribution in [3.8, 4) is 0 Å². The number of furan rings is 1. The number of benzene rings is 1. The second kappa shape index (κ2) is 5.27. The van der Waals surface area contributed by atoms with E-state index in [2.05, 4.69) is 36.9 Å². The average molecular weight is 245 g/mol.